The van der Waals surface area contributed by atoms with Crippen molar-refractivity contribution in [1.82, 2.24) is 15.5 Å². The number of hydrogen-bond acceptors (Lipinski definition) is 3. The highest BCUT2D eigenvalue weighted by Gasteiger charge is 2.24. The number of rotatable bonds is 5. The first-order valence-corrected chi connectivity index (χ1v) is 7.56. The SMILES string of the molecule is Cl.O=C(NCc1ccc(CN2CCCC2=O)cc1)C1CNC1. The minimum Gasteiger partial charge on any atom is -0.352 e. The number of carbonyl (C=O) groups is 2. The van der Waals surface area contributed by atoms with Crippen LogP contribution < -0.4 is 10.6 Å². The number of nitrogens with zero attached hydrogens (tertiary/aromatic N) is 1. The van der Waals surface area contributed by atoms with Gasteiger partial charge >= 0.3 is 0 Å². The summed E-state index contributed by atoms with van der Waals surface area (Å²) in [5.74, 6) is 0.506. The van der Waals surface area contributed by atoms with Crippen LogP contribution in [-0.2, 0) is 22.7 Å². The first kappa shape index (κ1) is 16.8. The lowest BCUT2D eigenvalue weighted by Gasteiger charge is -2.25. The fourth-order valence-electron chi connectivity index (χ4n) is 2.66. The lowest BCUT2D eigenvalue weighted by molar-refractivity contribution is -0.128. The molecule has 1 aromatic rings. The molecule has 22 heavy (non-hydrogen) atoms. The second-order valence-electron chi connectivity index (χ2n) is 5.81. The van der Waals surface area contributed by atoms with Gasteiger partial charge in [-0.25, -0.2) is 0 Å². The third kappa shape index (κ3) is 3.99. The minimum atomic E-state index is 0. The Morgan fingerprint density at radius 1 is 1.23 bits per heavy atom. The van der Waals surface area contributed by atoms with E-state index in [2.05, 4.69) is 10.6 Å². The van der Waals surface area contributed by atoms with Crippen molar-refractivity contribution in [3.8, 4) is 0 Å². The maximum atomic E-state index is 11.7. The molecule has 2 aliphatic rings. The quantitative estimate of drug-likeness (QED) is 0.852. The summed E-state index contributed by atoms with van der Waals surface area (Å²) in [6, 6.07) is 8.13. The van der Waals surface area contributed by atoms with Crippen LogP contribution in [0.3, 0.4) is 0 Å². The number of likely N-dealkylation sites (tertiary alicyclic amines) is 1. The Labute approximate surface area is 136 Å². The molecule has 0 radical (unpaired) electrons. The third-order valence-corrected chi connectivity index (χ3v) is 4.19. The Morgan fingerprint density at radius 2 is 1.91 bits per heavy atom. The van der Waals surface area contributed by atoms with Gasteiger partial charge in [0.05, 0.1) is 5.92 Å². The molecular weight excluding hydrogens is 302 g/mol. The van der Waals surface area contributed by atoms with Gasteiger partial charge in [-0.2, -0.15) is 0 Å². The third-order valence-electron chi connectivity index (χ3n) is 4.19. The molecule has 0 atom stereocenters. The summed E-state index contributed by atoms with van der Waals surface area (Å²) in [5, 5.41) is 6.05. The normalized spacial score (nSPS) is 17.8. The lowest BCUT2D eigenvalue weighted by Crippen LogP contribution is -2.50. The largest absolute Gasteiger partial charge is 0.352 e. The van der Waals surface area contributed by atoms with E-state index in [1.807, 2.05) is 29.2 Å². The molecule has 0 aromatic heterocycles. The zero-order chi connectivity index (χ0) is 14.7. The van der Waals surface area contributed by atoms with Gasteiger partial charge in [0.1, 0.15) is 0 Å². The van der Waals surface area contributed by atoms with E-state index in [1.165, 1.54) is 0 Å². The van der Waals surface area contributed by atoms with Gasteiger partial charge in [-0.3, -0.25) is 9.59 Å². The summed E-state index contributed by atoms with van der Waals surface area (Å²) >= 11 is 0. The van der Waals surface area contributed by atoms with E-state index < -0.39 is 0 Å². The van der Waals surface area contributed by atoms with Crippen molar-refractivity contribution in [2.75, 3.05) is 19.6 Å². The molecule has 0 bridgehead atoms. The topological polar surface area (TPSA) is 61.4 Å². The highest BCUT2D eigenvalue weighted by atomic mass is 35.5. The molecule has 2 aliphatic heterocycles. The van der Waals surface area contributed by atoms with Gasteiger partial charge in [0, 0.05) is 39.1 Å². The Balaban J connectivity index is 0.00000176. The Hall–Kier alpha value is -1.59. The van der Waals surface area contributed by atoms with Crippen molar-refractivity contribution in [2.24, 2.45) is 5.92 Å². The number of benzene rings is 1. The molecule has 3 rings (SSSR count). The molecular formula is C16H22ClN3O2. The first-order valence-electron chi connectivity index (χ1n) is 7.56. The van der Waals surface area contributed by atoms with Gasteiger partial charge in [-0.05, 0) is 17.5 Å². The van der Waals surface area contributed by atoms with E-state index in [1.54, 1.807) is 0 Å². The van der Waals surface area contributed by atoms with Crippen LogP contribution in [0.1, 0.15) is 24.0 Å². The maximum absolute atomic E-state index is 11.7. The van der Waals surface area contributed by atoms with Gasteiger partial charge in [0.25, 0.3) is 0 Å². The van der Waals surface area contributed by atoms with Crippen LogP contribution in [0, 0.1) is 5.92 Å². The number of hydrogen-bond donors (Lipinski definition) is 2. The standard InChI is InChI=1S/C16H21N3O2.ClH/c20-15-2-1-7-19(15)11-13-5-3-12(4-6-13)8-18-16(21)14-9-17-10-14;/h3-6,14,17H,1-2,7-11H2,(H,18,21);1H. The molecule has 0 spiro atoms. The monoisotopic (exact) mass is 323 g/mol. The summed E-state index contributed by atoms with van der Waals surface area (Å²) in [4.78, 5) is 25.2. The van der Waals surface area contributed by atoms with Crippen LogP contribution in [-0.4, -0.2) is 36.3 Å². The van der Waals surface area contributed by atoms with Crippen molar-refractivity contribution >= 4 is 24.2 Å². The summed E-state index contributed by atoms with van der Waals surface area (Å²) in [5.41, 5.74) is 2.23. The molecule has 2 saturated heterocycles. The first-order chi connectivity index (χ1) is 10.2. The number of nitrogens with one attached hydrogen (secondary N) is 2. The molecule has 2 N–H and O–H groups in total. The van der Waals surface area contributed by atoms with Gasteiger partial charge in [0.15, 0.2) is 0 Å². The Kier molecular flexibility index (Phi) is 5.80. The van der Waals surface area contributed by atoms with Gasteiger partial charge in [-0.15, -0.1) is 12.4 Å². The Bertz CT molecular complexity index is 529. The molecule has 0 aliphatic carbocycles. The predicted octanol–water partition coefficient (Wildman–Crippen LogP) is 1.07. The molecule has 2 amide bonds. The highest BCUT2D eigenvalue weighted by Crippen LogP contribution is 2.14. The maximum Gasteiger partial charge on any atom is 0.225 e. The van der Waals surface area contributed by atoms with E-state index in [-0.39, 0.29) is 30.1 Å². The Morgan fingerprint density at radius 3 is 2.45 bits per heavy atom. The second-order valence-corrected chi connectivity index (χ2v) is 5.81. The number of halogens is 1. The fourth-order valence-corrected chi connectivity index (χ4v) is 2.66. The van der Waals surface area contributed by atoms with Crippen molar-refractivity contribution < 1.29 is 9.59 Å². The summed E-state index contributed by atoms with van der Waals surface area (Å²) < 4.78 is 0. The molecule has 0 saturated carbocycles. The van der Waals surface area contributed by atoms with E-state index in [4.69, 9.17) is 0 Å². The summed E-state index contributed by atoms with van der Waals surface area (Å²) in [7, 11) is 0. The number of carbonyl (C=O) groups excluding carboxylic acids is 2. The van der Waals surface area contributed by atoms with E-state index >= 15 is 0 Å². The van der Waals surface area contributed by atoms with Gasteiger partial charge in [0.2, 0.25) is 11.8 Å². The molecule has 1 aromatic carbocycles. The van der Waals surface area contributed by atoms with Crippen LogP contribution in [0.2, 0.25) is 0 Å². The summed E-state index contributed by atoms with van der Waals surface area (Å²) in [6.07, 6.45) is 1.65. The lowest BCUT2D eigenvalue weighted by atomic mass is 10.0. The number of amides is 2. The van der Waals surface area contributed by atoms with Crippen LogP contribution >= 0.6 is 12.4 Å². The minimum absolute atomic E-state index is 0. The molecule has 6 heteroatoms. The van der Waals surface area contributed by atoms with E-state index in [0.717, 1.165) is 37.2 Å². The van der Waals surface area contributed by atoms with Crippen LogP contribution in [0.5, 0.6) is 0 Å². The van der Waals surface area contributed by atoms with E-state index in [9.17, 15) is 9.59 Å². The van der Waals surface area contributed by atoms with E-state index in [0.29, 0.717) is 19.5 Å². The van der Waals surface area contributed by atoms with Crippen LogP contribution in [0.25, 0.3) is 0 Å². The zero-order valence-electron chi connectivity index (χ0n) is 12.5. The average Bonchev–Trinajstić information content (AvgIpc) is 2.82. The van der Waals surface area contributed by atoms with Crippen LogP contribution in [0.4, 0.5) is 0 Å². The molecule has 2 fully saturated rings. The summed E-state index contributed by atoms with van der Waals surface area (Å²) in [6.45, 7) is 3.70. The molecule has 120 valence electrons. The smallest absolute Gasteiger partial charge is 0.225 e. The predicted molar refractivity (Wildman–Crippen MR) is 86.5 cm³/mol. The zero-order valence-corrected chi connectivity index (χ0v) is 13.3. The average molecular weight is 324 g/mol. The van der Waals surface area contributed by atoms with Crippen molar-refractivity contribution in [3.63, 3.8) is 0 Å². The van der Waals surface area contributed by atoms with Crippen molar-refractivity contribution in [3.05, 3.63) is 35.4 Å². The van der Waals surface area contributed by atoms with Crippen molar-refractivity contribution in [1.29, 1.82) is 0 Å². The van der Waals surface area contributed by atoms with Crippen LogP contribution in [0.15, 0.2) is 24.3 Å². The van der Waals surface area contributed by atoms with Gasteiger partial charge in [-0.1, -0.05) is 24.3 Å². The molecule has 0 unspecified atom stereocenters. The van der Waals surface area contributed by atoms with Crippen molar-refractivity contribution in [2.45, 2.75) is 25.9 Å². The molecule has 2 heterocycles. The second kappa shape index (κ2) is 7.61. The molecule has 5 nitrogen and oxygen atoms in total. The fraction of sp³-hybridized carbons (Fsp3) is 0.500. The highest BCUT2D eigenvalue weighted by molar-refractivity contribution is 5.85. The van der Waals surface area contributed by atoms with Gasteiger partial charge < -0.3 is 15.5 Å².